The quantitative estimate of drug-likeness (QED) is 0.679. The van der Waals surface area contributed by atoms with Gasteiger partial charge in [0, 0.05) is 24.2 Å². The second kappa shape index (κ2) is 7.68. The number of H-pyrrole nitrogens is 1. The fraction of sp³-hybridized carbons (Fsp3) is 0.474. The molecule has 29 heavy (non-hydrogen) atoms. The molecule has 2 aromatic rings. The maximum Gasteiger partial charge on any atom is 0.407 e. The minimum absolute atomic E-state index is 0.0104. The third kappa shape index (κ3) is 4.23. The van der Waals surface area contributed by atoms with Gasteiger partial charge in [-0.15, -0.1) is 0 Å². The van der Waals surface area contributed by atoms with Crippen LogP contribution in [0, 0.1) is 0 Å². The van der Waals surface area contributed by atoms with Crippen LogP contribution in [-0.4, -0.2) is 49.2 Å². The van der Waals surface area contributed by atoms with Gasteiger partial charge in [-0.3, -0.25) is 5.10 Å². The van der Waals surface area contributed by atoms with Crippen molar-refractivity contribution in [1.82, 2.24) is 15.5 Å². The summed E-state index contributed by atoms with van der Waals surface area (Å²) < 4.78 is 35.3. The number of rotatable bonds is 5. The molecule has 3 N–H and O–H groups in total. The zero-order valence-electron chi connectivity index (χ0n) is 16.3. The number of carbonyl (C=O) groups excluding carboxylic acids is 1. The van der Waals surface area contributed by atoms with Crippen molar-refractivity contribution in [1.29, 1.82) is 0 Å². The van der Waals surface area contributed by atoms with Gasteiger partial charge in [0.05, 0.1) is 22.9 Å². The molecule has 3 heterocycles. The number of alkyl carbamates (subject to hydrolysis) is 1. The first-order chi connectivity index (χ1) is 13.8. The van der Waals surface area contributed by atoms with Gasteiger partial charge in [0.15, 0.2) is 15.7 Å². The second-order valence-corrected chi connectivity index (χ2v) is 9.65. The molecule has 0 bridgehead atoms. The lowest BCUT2D eigenvalue weighted by Gasteiger charge is -2.13. The molecule has 0 saturated carbocycles. The number of ether oxygens (including phenoxy) is 2. The first-order valence-corrected chi connectivity index (χ1v) is 11.2. The summed E-state index contributed by atoms with van der Waals surface area (Å²) in [6.07, 6.45) is -0.0000913. The standard InChI is InChI=1S/C19H24N4O5S/c1-11(2)20-19(24)28-12-8-16(27-10-12)15-9-18(23-22-15)21-14-4-3-5-17-13(14)6-7-29(17,25)26/h3-5,9,11-12,16H,6-8,10H2,1-2H3,(H,20,24)(H2,21,22,23)/t12-,16-/m0/s1. The number of aromatic amines is 1. The summed E-state index contributed by atoms with van der Waals surface area (Å²) in [5.41, 5.74) is 2.29. The SMILES string of the molecule is CC(C)NC(=O)O[C@@H]1CO[C@H](c2cc(Nc3cccc4c3CCS4(=O)=O)n[nH]2)C1. The van der Waals surface area contributed by atoms with E-state index in [1.165, 1.54) is 0 Å². The number of nitrogens with one attached hydrogen (secondary N) is 3. The fourth-order valence-electron chi connectivity index (χ4n) is 3.60. The van der Waals surface area contributed by atoms with Crippen LogP contribution >= 0.6 is 0 Å². The number of benzene rings is 1. The van der Waals surface area contributed by atoms with E-state index in [1.54, 1.807) is 12.1 Å². The Kier molecular flexibility index (Phi) is 5.22. The Morgan fingerprint density at radius 1 is 1.38 bits per heavy atom. The molecule has 10 heteroatoms. The zero-order valence-corrected chi connectivity index (χ0v) is 17.1. The molecule has 1 aromatic heterocycles. The molecule has 2 atom stereocenters. The van der Waals surface area contributed by atoms with Crippen LogP contribution in [0.3, 0.4) is 0 Å². The van der Waals surface area contributed by atoms with Gasteiger partial charge in [0.2, 0.25) is 0 Å². The summed E-state index contributed by atoms with van der Waals surface area (Å²) in [4.78, 5) is 12.1. The lowest BCUT2D eigenvalue weighted by molar-refractivity contribution is 0.0682. The van der Waals surface area contributed by atoms with E-state index >= 15 is 0 Å². The van der Waals surface area contributed by atoms with Gasteiger partial charge in [0.1, 0.15) is 12.2 Å². The van der Waals surface area contributed by atoms with Gasteiger partial charge in [-0.05, 0) is 38.0 Å². The van der Waals surface area contributed by atoms with Gasteiger partial charge in [-0.25, -0.2) is 13.2 Å². The maximum atomic E-state index is 12.1. The third-order valence-corrected chi connectivity index (χ3v) is 6.73. The molecule has 2 aliphatic rings. The number of hydrogen-bond donors (Lipinski definition) is 3. The highest BCUT2D eigenvalue weighted by atomic mass is 32.2. The van der Waals surface area contributed by atoms with Gasteiger partial charge in [0.25, 0.3) is 0 Å². The molecule has 1 saturated heterocycles. The van der Waals surface area contributed by atoms with Crippen LogP contribution in [0.1, 0.15) is 37.6 Å². The molecular formula is C19H24N4O5S. The van der Waals surface area contributed by atoms with E-state index in [-0.39, 0.29) is 24.0 Å². The lowest BCUT2D eigenvalue weighted by Crippen LogP contribution is -2.33. The van der Waals surface area contributed by atoms with Crippen LogP contribution in [0.5, 0.6) is 0 Å². The van der Waals surface area contributed by atoms with Crippen LogP contribution < -0.4 is 10.6 Å². The fourth-order valence-corrected chi connectivity index (χ4v) is 5.17. The molecule has 0 radical (unpaired) electrons. The van der Waals surface area contributed by atoms with E-state index in [0.29, 0.717) is 30.2 Å². The van der Waals surface area contributed by atoms with Crippen molar-refractivity contribution in [2.45, 2.75) is 49.8 Å². The molecule has 4 rings (SSSR count). The van der Waals surface area contributed by atoms with Crippen molar-refractivity contribution in [3.05, 3.63) is 35.5 Å². The molecule has 156 valence electrons. The first-order valence-electron chi connectivity index (χ1n) is 9.57. The summed E-state index contributed by atoms with van der Waals surface area (Å²) in [7, 11) is -3.19. The molecule has 1 aromatic carbocycles. The van der Waals surface area contributed by atoms with Crippen molar-refractivity contribution in [2.24, 2.45) is 0 Å². The van der Waals surface area contributed by atoms with Crippen LogP contribution in [-0.2, 0) is 25.7 Å². The van der Waals surface area contributed by atoms with E-state index in [2.05, 4.69) is 20.8 Å². The summed E-state index contributed by atoms with van der Waals surface area (Å²) in [5, 5.41) is 13.1. The Morgan fingerprint density at radius 3 is 3.00 bits per heavy atom. The van der Waals surface area contributed by atoms with Crippen LogP contribution in [0.2, 0.25) is 0 Å². The van der Waals surface area contributed by atoms with Gasteiger partial charge in [-0.2, -0.15) is 5.10 Å². The van der Waals surface area contributed by atoms with Crippen molar-refractivity contribution in [3.8, 4) is 0 Å². The minimum Gasteiger partial charge on any atom is -0.444 e. The normalized spacial score (nSPS) is 22.4. The summed E-state index contributed by atoms with van der Waals surface area (Å²) in [5.74, 6) is 0.706. The number of anilines is 2. The predicted octanol–water partition coefficient (Wildman–Crippen LogP) is 2.45. The van der Waals surface area contributed by atoms with E-state index in [1.807, 2.05) is 26.0 Å². The van der Waals surface area contributed by atoms with Crippen LogP contribution in [0.25, 0.3) is 0 Å². The molecule has 0 aliphatic carbocycles. The molecule has 0 spiro atoms. The largest absolute Gasteiger partial charge is 0.444 e. The molecular weight excluding hydrogens is 396 g/mol. The highest BCUT2D eigenvalue weighted by molar-refractivity contribution is 7.91. The van der Waals surface area contributed by atoms with Crippen molar-refractivity contribution >= 4 is 27.4 Å². The Morgan fingerprint density at radius 2 is 2.21 bits per heavy atom. The number of fused-ring (bicyclic) bond motifs is 1. The number of carbonyl (C=O) groups is 1. The lowest BCUT2D eigenvalue weighted by atomic mass is 10.1. The third-order valence-electron chi connectivity index (χ3n) is 4.94. The summed E-state index contributed by atoms with van der Waals surface area (Å²) in [6.45, 7) is 4.06. The Balaban J connectivity index is 1.40. The van der Waals surface area contributed by atoms with Crippen LogP contribution in [0.4, 0.5) is 16.3 Å². The predicted molar refractivity (Wildman–Crippen MR) is 106 cm³/mol. The highest BCUT2D eigenvalue weighted by Gasteiger charge is 2.31. The van der Waals surface area contributed by atoms with Crippen LogP contribution in [0.15, 0.2) is 29.2 Å². The maximum absolute atomic E-state index is 12.1. The Labute approximate surface area is 169 Å². The molecule has 1 fully saturated rings. The smallest absolute Gasteiger partial charge is 0.407 e. The molecule has 1 amide bonds. The average Bonchev–Trinajstić information content (AvgIpc) is 3.35. The number of hydrogen-bond acceptors (Lipinski definition) is 7. The number of aromatic nitrogens is 2. The number of sulfone groups is 1. The van der Waals surface area contributed by atoms with E-state index in [4.69, 9.17) is 9.47 Å². The number of nitrogens with zero attached hydrogens (tertiary/aromatic N) is 1. The van der Waals surface area contributed by atoms with Crippen molar-refractivity contribution < 1.29 is 22.7 Å². The molecule has 9 nitrogen and oxygen atoms in total. The highest BCUT2D eigenvalue weighted by Crippen LogP contribution is 2.34. The zero-order chi connectivity index (χ0) is 20.6. The molecule has 2 aliphatic heterocycles. The summed E-state index contributed by atoms with van der Waals surface area (Å²) in [6, 6.07) is 7.04. The van der Waals surface area contributed by atoms with Crippen molar-refractivity contribution in [3.63, 3.8) is 0 Å². The van der Waals surface area contributed by atoms with Crippen molar-refractivity contribution in [2.75, 3.05) is 17.7 Å². The van der Waals surface area contributed by atoms with Gasteiger partial charge >= 0.3 is 6.09 Å². The number of amides is 1. The average molecular weight is 420 g/mol. The summed E-state index contributed by atoms with van der Waals surface area (Å²) >= 11 is 0. The first kappa shape index (κ1) is 19.7. The Hall–Kier alpha value is -2.59. The van der Waals surface area contributed by atoms with E-state index in [9.17, 15) is 13.2 Å². The Bertz CT molecular complexity index is 1020. The van der Waals surface area contributed by atoms with E-state index in [0.717, 1.165) is 16.9 Å². The minimum atomic E-state index is -3.19. The molecule has 0 unspecified atom stereocenters. The van der Waals surface area contributed by atoms with E-state index < -0.39 is 15.9 Å². The monoisotopic (exact) mass is 420 g/mol. The van der Waals surface area contributed by atoms with Gasteiger partial charge in [-0.1, -0.05) is 6.07 Å². The second-order valence-electron chi connectivity index (χ2n) is 7.57. The topological polar surface area (TPSA) is 122 Å². The van der Waals surface area contributed by atoms with Gasteiger partial charge < -0.3 is 20.1 Å².